The second kappa shape index (κ2) is 9.05. The molecule has 0 spiro atoms. The molecule has 150 valence electrons. The predicted octanol–water partition coefficient (Wildman–Crippen LogP) is 3.71. The molecule has 1 aromatic heterocycles. The van der Waals surface area contributed by atoms with Crippen LogP contribution in [0.1, 0.15) is 32.9 Å². The lowest BCUT2D eigenvalue weighted by molar-refractivity contribution is -0.142. The number of rotatable bonds is 7. The van der Waals surface area contributed by atoms with Crippen molar-refractivity contribution in [1.29, 1.82) is 0 Å². The highest BCUT2D eigenvalue weighted by atomic mass is 32.2. The Bertz CT molecular complexity index is 912. The molecular formula is C20H24N2O4S2. The third kappa shape index (κ3) is 4.22. The van der Waals surface area contributed by atoms with Crippen LogP contribution < -0.4 is 10.3 Å². The van der Waals surface area contributed by atoms with Crippen molar-refractivity contribution in [3.05, 3.63) is 40.3 Å². The van der Waals surface area contributed by atoms with Crippen LogP contribution in [-0.4, -0.2) is 39.7 Å². The monoisotopic (exact) mass is 420 g/mol. The molecule has 0 radical (unpaired) electrons. The van der Waals surface area contributed by atoms with E-state index in [0.717, 1.165) is 12.1 Å². The molecule has 0 saturated carbocycles. The van der Waals surface area contributed by atoms with Crippen molar-refractivity contribution >= 4 is 29.5 Å². The molecule has 1 aliphatic rings. The largest absolute Gasteiger partial charge is 0.497 e. The molecule has 1 aromatic carbocycles. The average molecular weight is 421 g/mol. The number of hydrogen-bond donors (Lipinski definition) is 0. The normalized spacial score (nSPS) is 16.5. The maximum atomic E-state index is 13.3. The number of fused-ring (bicyclic) bond motifs is 1. The average Bonchev–Trinajstić information content (AvgIpc) is 3.07. The molecular weight excluding hydrogens is 396 g/mol. The Labute approximate surface area is 173 Å². The van der Waals surface area contributed by atoms with Gasteiger partial charge in [0, 0.05) is 11.7 Å². The highest BCUT2D eigenvalue weighted by Gasteiger charge is 2.29. The number of methoxy groups -OCH3 is 1. The molecule has 0 saturated heterocycles. The van der Waals surface area contributed by atoms with Crippen LogP contribution in [-0.2, 0) is 16.0 Å². The van der Waals surface area contributed by atoms with Crippen LogP contribution in [0.3, 0.4) is 0 Å². The highest BCUT2D eigenvalue weighted by molar-refractivity contribution is 8.00. The molecule has 2 heterocycles. The highest BCUT2D eigenvalue weighted by Crippen LogP contribution is 2.36. The van der Waals surface area contributed by atoms with Gasteiger partial charge in [-0.2, -0.15) is 0 Å². The van der Waals surface area contributed by atoms with Crippen molar-refractivity contribution in [2.45, 2.75) is 54.2 Å². The number of esters is 1. The molecule has 2 atom stereocenters. The first-order chi connectivity index (χ1) is 13.5. The summed E-state index contributed by atoms with van der Waals surface area (Å²) in [5, 5.41) is 0.413. The summed E-state index contributed by atoms with van der Waals surface area (Å²) in [4.78, 5) is 31.1. The molecule has 0 aliphatic carbocycles. The smallest absolute Gasteiger partial charge is 0.319 e. The van der Waals surface area contributed by atoms with Gasteiger partial charge in [0.1, 0.15) is 11.0 Å². The Morgan fingerprint density at radius 3 is 2.68 bits per heavy atom. The number of aromatic nitrogens is 2. The van der Waals surface area contributed by atoms with Gasteiger partial charge in [0.15, 0.2) is 5.16 Å². The van der Waals surface area contributed by atoms with Crippen LogP contribution in [0.15, 0.2) is 39.1 Å². The van der Waals surface area contributed by atoms with Gasteiger partial charge in [0.2, 0.25) is 0 Å². The van der Waals surface area contributed by atoms with E-state index in [1.54, 1.807) is 30.4 Å². The Morgan fingerprint density at radius 1 is 1.36 bits per heavy atom. The zero-order valence-corrected chi connectivity index (χ0v) is 18.1. The lowest BCUT2D eigenvalue weighted by Gasteiger charge is -2.17. The lowest BCUT2D eigenvalue weighted by atomic mass is 10.2. The first kappa shape index (κ1) is 20.8. The van der Waals surface area contributed by atoms with Gasteiger partial charge in [-0.05, 0) is 37.6 Å². The van der Waals surface area contributed by atoms with E-state index in [-0.39, 0.29) is 11.5 Å². The molecule has 0 amide bonds. The van der Waals surface area contributed by atoms with E-state index in [1.165, 1.54) is 11.8 Å². The minimum atomic E-state index is -0.416. The van der Waals surface area contributed by atoms with Crippen LogP contribution in [0.25, 0.3) is 5.69 Å². The fourth-order valence-electron chi connectivity index (χ4n) is 3.00. The molecule has 1 aliphatic heterocycles. The number of nitrogens with zero attached hydrogens (tertiary/aromatic N) is 2. The Morgan fingerprint density at radius 2 is 2.07 bits per heavy atom. The zero-order valence-electron chi connectivity index (χ0n) is 16.4. The number of thioether (sulfide) groups is 2. The second-order valence-corrected chi connectivity index (χ2v) is 9.03. The Kier molecular flexibility index (Phi) is 6.72. The molecule has 8 heteroatoms. The number of benzene rings is 1. The van der Waals surface area contributed by atoms with Crippen molar-refractivity contribution in [2.24, 2.45) is 0 Å². The van der Waals surface area contributed by atoms with Crippen LogP contribution in [0.5, 0.6) is 5.75 Å². The molecule has 3 rings (SSSR count). The van der Waals surface area contributed by atoms with E-state index in [2.05, 4.69) is 6.92 Å². The summed E-state index contributed by atoms with van der Waals surface area (Å²) in [6, 6.07) is 7.27. The number of carbonyl (C=O) groups is 1. The maximum Gasteiger partial charge on any atom is 0.319 e. The Hall–Kier alpha value is -1.93. The molecule has 0 N–H and O–H groups in total. The summed E-state index contributed by atoms with van der Waals surface area (Å²) in [7, 11) is 1.60. The summed E-state index contributed by atoms with van der Waals surface area (Å²) < 4.78 is 12.0. The standard InChI is InChI=1S/C20H24N2O4S2/c1-5-16(19(24)26-6-2)28-20-21-15-11-12(3)27-17(15)18(23)22(20)13-7-9-14(25-4)10-8-13/h7-10,12,16H,5-6,11H2,1-4H3/t12-,16-/m0/s1. The van der Waals surface area contributed by atoms with Gasteiger partial charge in [-0.3, -0.25) is 14.2 Å². The summed E-state index contributed by atoms with van der Waals surface area (Å²) in [5.41, 5.74) is 1.42. The molecule has 0 bridgehead atoms. The van der Waals surface area contributed by atoms with E-state index in [4.69, 9.17) is 14.5 Å². The minimum Gasteiger partial charge on any atom is -0.497 e. The number of carbonyl (C=O) groups excluding carboxylic acids is 1. The van der Waals surface area contributed by atoms with E-state index in [1.807, 2.05) is 31.2 Å². The van der Waals surface area contributed by atoms with Gasteiger partial charge in [0.05, 0.1) is 30.0 Å². The van der Waals surface area contributed by atoms with Crippen molar-refractivity contribution < 1.29 is 14.3 Å². The summed E-state index contributed by atoms with van der Waals surface area (Å²) in [5.74, 6) is 0.426. The summed E-state index contributed by atoms with van der Waals surface area (Å²) in [6.07, 6.45) is 1.34. The molecule has 0 unspecified atom stereocenters. The van der Waals surface area contributed by atoms with E-state index < -0.39 is 5.25 Å². The molecule has 0 fully saturated rings. The van der Waals surface area contributed by atoms with Crippen LogP contribution >= 0.6 is 23.5 Å². The van der Waals surface area contributed by atoms with Crippen molar-refractivity contribution in [1.82, 2.24) is 9.55 Å². The molecule has 6 nitrogen and oxygen atoms in total. The summed E-state index contributed by atoms with van der Waals surface area (Å²) >= 11 is 2.85. The third-order valence-corrected chi connectivity index (χ3v) is 6.89. The SMILES string of the molecule is CCOC(=O)[C@H](CC)Sc1nc2c(c(=O)n1-c1ccc(OC)cc1)S[C@@H](C)C2. The fourth-order valence-corrected chi connectivity index (χ4v) is 5.14. The molecule has 28 heavy (non-hydrogen) atoms. The van der Waals surface area contributed by atoms with Gasteiger partial charge in [-0.15, -0.1) is 11.8 Å². The van der Waals surface area contributed by atoms with Crippen molar-refractivity contribution in [3.8, 4) is 11.4 Å². The fraction of sp³-hybridized carbons (Fsp3) is 0.450. The topological polar surface area (TPSA) is 70.4 Å². The minimum absolute atomic E-state index is 0.0919. The van der Waals surface area contributed by atoms with Crippen LogP contribution in [0.2, 0.25) is 0 Å². The predicted molar refractivity (Wildman–Crippen MR) is 112 cm³/mol. The van der Waals surface area contributed by atoms with Crippen molar-refractivity contribution in [3.63, 3.8) is 0 Å². The number of hydrogen-bond acceptors (Lipinski definition) is 7. The Balaban J connectivity index is 2.09. The van der Waals surface area contributed by atoms with E-state index in [0.29, 0.717) is 39.8 Å². The second-order valence-electron chi connectivity index (χ2n) is 6.41. The summed E-state index contributed by atoms with van der Waals surface area (Å²) in [6.45, 7) is 6.13. The first-order valence-electron chi connectivity index (χ1n) is 9.28. The van der Waals surface area contributed by atoms with E-state index >= 15 is 0 Å². The van der Waals surface area contributed by atoms with Crippen LogP contribution in [0.4, 0.5) is 0 Å². The first-order valence-corrected chi connectivity index (χ1v) is 11.0. The van der Waals surface area contributed by atoms with Gasteiger partial charge >= 0.3 is 5.97 Å². The molecule has 2 aromatic rings. The van der Waals surface area contributed by atoms with Crippen molar-refractivity contribution in [2.75, 3.05) is 13.7 Å². The quantitative estimate of drug-likeness (QED) is 0.384. The van der Waals surface area contributed by atoms with E-state index in [9.17, 15) is 9.59 Å². The van der Waals surface area contributed by atoms with Gasteiger partial charge in [-0.1, -0.05) is 25.6 Å². The zero-order chi connectivity index (χ0) is 20.3. The maximum absolute atomic E-state index is 13.3. The number of ether oxygens (including phenoxy) is 2. The van der Waals surface area contributed by atoms with Gasteiger partial charge < -0.3 is 9.47 Å². The van der Waals surface area contributed by atoms with Gasteiger partial charge in [0.25, 0.3) is 5.56 Å². The third-order valence-electron chi connectivity index (χ3n) is 4.38. The van der Waals surface area contributed by atoms with Gasteiger partial charge in [-0.25, -0.2) is 4.98 Å². The lowest BCUT2D eigenvalue weighted by Crippen LogP contribution is -2.26. The van der Waals surface area contributed by atoms with Crippen LogP contribution in [0, 0.1) is 0 Å².